The molecule has 3 heterocycles. The number of carboxylic acids is 1. The van der Waals surface area contributed by atoms with Crippen LogP contribution in [0.5, 0.6) is 0 Å². The van der Waals surface area contributed by atoms with Gasteiger partial charge < -0.3 is 16.2 Å². The SMILES string of the molecule is Nc1ncc2nc1C(=O)Nc1ccccc1CN(CC(=O)O)S(=O)(=O)c1ccc-2cc1. The number of aliphatic carboxylic acids is 1. The molecule has 5 rings (SSSR count). The van der Waals surface area contributed by atoms with Crippen LogP contribution in [0.25, 0.3) is 11.3 Å². The number of carbonyl (C=O) groups excluding carboxylic acids is 1. The number of hydrogen-bond donors (Lipinski definition) is 3. The van der Waals surface area contributed by atoms with Crippen LogP contribution in [-0.2, 0) is 21.4 Å². The molecule has 2 aliphatic heterocycles. The maximum atomic E-state index is 13.2. The topological polar surface area (TPSA) is 156 Å². The Morgan fingerprint density at radius 3 is 2.58 bits per heavy atom. The van der Waals surface area contributed by atoms with Crippen LogP contribution in [0.4, 0.5) is 11.5 Å². The molecule has 158 valence electrons. The minimum Gasteiger partial charge on any atom is -0.480 e. The van der Waals surface area contributed by atoms with Crippen molar-refractivity contribution in [3.05, 3.63) is 66.0 Å². The van der Waals surface area contributed by atoms with Crippen LogP contribution in [0.2, 0.25) is 0 Å². The number of rotatable bonds is 2. The monoisotopic (exact) mass is 439 g/mol. The number of carbonyl (C=O) groups is 2. The maximum Gasteiger partial charge on any atom is 0.318 e. The molecule has 0 unspecified atom stereocenters. The number of anilines is 2. The third-order valence-corrected chi connectivity index (χ3v) is 6.53. The summed E-state index contributed by atoms with van der Waals surface area (Å²) in [6.07, 6.45) is 1.38. The van der Waals surface area contributed by atoms with Crippen LogP contribution < -0.4 is 11.1 Å². The number of hydrogen-bond acceptors (Lipinski definition) is 7. The first-order chi connectivity index (χ1) is 14.8. The summed E-state index contributed by atoms with van der Waals surface area (Å²) in [7, 11) is -4.14. The minimum atomic E-state index is -4.14. The van der Waals surface area contributed by atoms with E-state index in [0.717, 1.165) is 4.31 Å². The van der Waals surface area contributed by atoms with Gasteiger partial charge in [-0.2, -0.15) is 4.31 Å². The molecule has 4 bridgehead atoms. The van der Waals surface area contributed by atoms with Crippen LogP contribution >= 0.6 is 0 Å². The van der Waals surface area contributed by atoms with Crippen molar-refractivity contribution in [2.75, 3.05) is 17.6 Å². The summed E-state index contributed by atoms with van der Waals surface area (Å²) in [5.74, 6) is -1.99. The molecular formula is C20H17N5O5S. The second kappa shape index (κ2) is 7.78. The third-order valence-electron chi connectivity index (χ3n) is 4.73. The highest BCUT2D eigenvalue weighted by Crippen LogP contribution is 2.27. The number of para-hydroxylation sites is 1. The Labute approximate surface area is 177 Å². The first-order valence-electron chi connectivity index (χ1n) is 9.10. The van der Waals surface area contributed by atoms with Crippen molar-refractivity contribution >= 4 is 33.4 Å². The molecule has 0 spiro atoms. The Hall–Kier alpha value is -3.83. The van der Waals surface area contributed by atoms with Gasteiger partial charge in [0.15, 0.2) is 11.5 Å². The Morgan fingerprint density at radius 1 is 1.16 bits per heavy atom. The largest absolute Gasteiger partial charge is 0.480 e. The molecule has 4 N–H and O–H groups in total. The Morgan fingerprint density at radius 2 is 1.87 bits per heavy atom. The average molecular weight is 439 g/mol. The number of nitrogens with one attached hydrogen (secondary N) is 1. The summed E-state index contributed by atoms with van der Waals surface area (Å²) in [4.78, 5) is 32.5. The lowest BCUT2D eigenvalue weighted by Gasteiger charge is -2.22. The van der Waals surface area contributed by atoms with Crippen molar-refractivity contribution in [2.45, 2.75) is 11.4 Å². The van der Waals surface area contributed by atoms with Gasteiger partial charge in [-0.1, -0.05) is 30.3 Å². The van der Waals surface area contributed by atoms with Crippen LogP contribution in [0.1, 0.15) is 16.1 Å². The minimum absolute atomic E-state index is 0.0578. The molecule has 10 nitrogen and oxygen atoms in total. The van der Waals surface area contributed by atoms with Gasteiger partial charge in [-0.15, -0.1) is 0 Å². The van der Waals surface area contributed by atoms with Gasteiger partial charge >= 0.3 is 5.97 Å². The standard InChI is InChI=1S/C20H17N5O5S/c21-19-18-20(28)24-15-4-2-1-3-13(15)10-25(11-17(26)27)31(29,30)14-7-5-12(6-8-14)16(23-18)9-22-19/h1-9H,10-11H2,(H2,21,22)(H,24,28)(H,26,27). The van der Waals surface area contributed by atoms with E-state index < -0.39 is 28.4 Å². The van der Waals surface area contributed by atoms with E-state index in [1.165, 1.54) is 30.5 Å². The van der Waals surface area contributed by atoms with E-state index in [0.29, 0.717) is 22.5 Å². The zero-order valence-corrected chi connectivity index (χ0v) is 16.8. The Bertz CT molecular complexity index is 1290. The lowest BCUT2D eigenvalue weighted by Crippen LogP contribution is -2.35. The fraction of sp³-hybridized carbons (Fsp3) is 0.100. The summed E-state index contributed by atoms with van der Waals surface area (Å²) in [5, 5.41) is 12.0. The van der Waals surface area contributed by atoms with Crippen molar-refractivity contribution in [2.24, 2.45) is 0 Å². The lowest BCUT2D eigenvalue weighted by molar-refractivity contribution is -0.137. The number of carboxylic acid groups (broad SMARTS) is 1. The quantitative estimate of drug-likeness (QED) is 0.543. The first-order valence-corrected chi connectivity index (χ1v) is 10.5. The van der Waals surface area contributed by atoms with Crippen molar-refractivity contribution < 1.29 is 23.1 Å². The number of sulfonamides is 1. The maximum absolute atomic E-state index is 13.2. The number of nitrogen functional groups attached to an aromatic ring is 1. The fourth-order valence-corrected chi connectivity index (χ4v) is 4.55. The Balaban J connectivity index is 1.94. The highest BCUT2D eigenvalue weighted by molar-refractivity contribution is 7.89. The molecule has 0 saturated carbocycles. The van der Waals surface area contributed by atoms with E-state index in [1.54, 1.807) is 24.3 Å². The average Bonchev–Trinajstić information content (AvgIpc) is 2.74. The number of benzene rings is 2. The molecule has 1 aromatic heterocycles. The first kappa shape index (κ1) is 20.4. The summed E-state index contributed by atoms with van der Waals surface area (Å²) in [6.45, 7) is -1.02. The number of aromatic nitrogens is 2. The van der Waals surface area contributed by atoms with E-state index in [4.69, 9.17) is 5.73 Å². The van der Waals surface area contributed by atoms with E-state index in [9.17, 15) is 23.1 Å². The zero-order valence-electron chi connectivity index (χ0n) is 16.0. The van der Waals surface area contributed by atoms with Gasteiger partial charge in [-0.25, -0.2) is 18.4 Å². The molecule has 0 aliphatic carbocycles. The highest BCUT2D eigenvalue weighted by Gasteiger charge is 2.28. The number of fused-ring (bicyclic) bond motifs is 5. The Kier molecular flexibility index (Phi) is 5.13. The van der Waals surface area contributed by atoms with Gasteiger partial charge in [0, 0.05) is 17.8 Å². The molecule has 0 saturated heterocycles. The molecule has 31 heavy (non-hydrogen) atoms. The molecular weight excluding hydrogens is 422 g/mol. The molecule has 11 heteroatoms. The molecule has 0 radical (unpaired) electrons. The van der Waals surface area contributed by atoms with E-state index in [-0.39, 0.29) is 23.0 Å². The summed E-state index contributed by atoms with van der Waals surface area (Å²) < 4.78 is 27.2. The van der Waals surface area contributed by atoms with Crippen molar-refractivity contribution in [3.8, 4) is 11.3 Å². The normalized spacial score (nSPS) is 15.5. The van der Waals surface area contributed by atoms with Crippen molar-refractivity contribution in [1.82, 2.24) is 14.3 Å². The van der Waals surface area contributed by atoms with Crippen LogP contribution in [0, 0.1) is 0 Å². The molecule has 1 amide bonds. The lowest BCUT2D eigenvalue weighted by atomic mass is 10.1. The fourth-order valence-electron chi connectivity index (χ4n) is 3.18. The molecule has 2 aromatic carbocycles. The van der Waals surface area contributed by atoms with Crippen LogP contribution in [0.3, 0.4) is 0 Å². The molecule has 2 aliphatic rings. The van der Waals surface area contributed by atoms with Gasteiger partial charge in [-0.3, -0.25) is 9.59 Å². The second-order valence-electron chi connectivity index (χ2n) is 6.79. The predicted octanol–water partition coefficient (Wildman–Crippen LogP) is 1.57. The predicted molar refractivity (Wildman–Crippen MR) is 112 cm³/mol. The van der Waals surface area contributed by atoms with Gasteiger partial charge in [0.2, 0.25) is 10.0 Å². The molecule has 0 fully saturated rings. The molecule has 0 atom stereocenters. The smallest absolute Gasteiger partial charge is 0.318 e. The summed E-state index contributed by atoms with van der Waals surface area (Å²) in [5.41, 5.74) is 7.32. The van der Waals surface area contributed by atoms with Gasteiger partial charge in [-0.05, 0) is 23.8 Å². The second-order valence-corrected chi connectivity index (χ2v) is 8.73. The number of nitrogens with two attached hydrogens (primary N) is 1. The molecule has 3 aromatic rings. The van der Waals surface area contributed by atoms with Crippen molar-refractivity contribution in [1.29, 1.82) is 0 Å². The number of nitrogens with zero attached hydrogens (tertiary/aromatic N) is 3. The van der Waals surface area contributed by atoms with E-state index in [1.807, 2.05) is 0 Å². The summed E-state index contributed by atoms with van der Waals surface area (Å²) >= 11 is 0. The van der Waals surface area contributed by atoms with Crippen molar-refractivity contribution in [3.63, 3.8) is 0 Å². The third kappa shape index (κ3) is 3.96. The van der Waals surface area contributed by atoms with E-state index in [2.05, 4.69) is 15.3 Å². The van der Waals surface area contributed by atoms with E-state index >= 15 is 0 Å². The zero-order chi connectivity index (χ0) is 22.2. The number of amides is 1. The summed E-state index contributed by atoms with van der Waals surface area (Å²) in [6, 6.07) is 12.2. The highest BCUT2D eigenvalue weighted by atomic mass is 32.2. The van der Waals surface area contributed by atoms with Gasteiger partial charge in [0.05, 0.1) is 16.8 Å². The van der Waals surface area contributed by atoms with Gasteiger partial charge in [0.25, 0.3) is 5.91 Å². The van der Waals surface area contributed by atoms with Gasteiger partial charge in [0.1, 0.15) is 6.54 Å². The van der Waals surface area contributed by atoms with Crippen LogP contribution in [-0.4, -0.2) is 46.2 Å². The van der Waals surface area contributed by atoms with Crippen LogP contribution in [0.15, 0.2) is 59.6 Å².